The van der Waals surface area contributed by atoms with Crippen LogP contribution < -0.4 is 10.1 Å². The fraction of sp³-hybridized carbons (Fsp3) is 0.250. The second-order valence-electron chi connectivity index (χ2n) is 8.01. The second kappa shape index (κ2) is 7.37. The minimum atomic E-state index is -0.488. The third kappa shape index (κ3) is 3.34. The highest BCUT2D eigenvalue weighted by Crippen LogP contribution is 2.51. The number of hydrogen-bond acceptors (Lipinski definition) is 5. The molecule has 0 spiro atoms. The topological polar surface area (TPSA) is 84.6 Å². The van der Waals surface area contributed by atoms with Gasteiger partial charge in [-0.15, -0.1) is 0 Å². The minimum absolute atomic E-state index is 0.0683. The Labute approximate surface area is 175 Å². The van der Waals surface area contributed by atoms with Crippen LogP contribution in [0.15, 0.2) is 60.7 Å². The van der Waals surface area contributed by atoms with Crippen LogP contribution in [-0.2, 0) is 5.41 Å². The van der Waals surface area contributed by atoms with Crippen molar-refractivity contribution in [2.24, 2.45) is 0 Å². The Morgan fingerprint density at radius 1 is 1.10 bits per heavy atom. The van der Waals surface area contributed by atoms with Gasteiger partial charge < -0.3 is 15.2 Å². The highest BCUT2D eigenvalue weighted by atomic mass is 16.6. The summed E-state index contributed by atoms with van der Waals surface area (Å²) in [5, 5.41) is 25.3. The number of non-ortho nitro benzene ring substituents is 1. The number of aryl methyl sites for hydroxylation is 1. The number of methoxy groups -OCH3 is 1. The van der Waals surface area contributed by atoms with Gasteiger partial charge in [-0.1, -0.05) is 36.8 Å². The quantitative estimate of drug-likeness (QED) is 0.444. The molecule has 2 atom stereocenters. The Morgan fingerprint density at radius 3 is 2.50 bits per heavy atom. The molecule has 154 valence electrons. The molecule has 3 aromatic carbocycles. The van der Waals surface area contributed by atoms with E-state index in [4.69, 9.17) is 4.74 Å². The molecule has 3 aromatic rings. The number of phenolic OH excluding ortho intramolecular Hbond substituents is 1. The largest absolute Gasteiger partial charge is 0.508 e. The molecular weight excluding hydrogens is 380 g/mol. The van der Waals surface area contributed by atoms with Crippen LogP contribution in [0, 0.1) is 17.0 Å². The van der Waals surface area contributed by atoms with E-state index in [1.165, 1.54) is 12.1 Å². The third-order valence-corrected chi connectivity index (χ3v) is 6.02. The minimum Gasteiger partial charge on any atom is -0.508 e. The number of phenols is 1. The van der Waals surface area contributed by atoms with Crippen LogP contribution in [0.5, 0.6) is 11.5 Å². The highest BCUT2D eigenvalue weighted by molar-refractivity contribution is 5.65. The molecule has 0 saturated heterocycles. The number of hydrogen-bond donors (Lipinski definition) is 2. The van der Waals surface area contributed by atoms with E-state index < -0.39 is 10.3 Å². The number of nitro groups is 1. The van der Waals surface area contributed by atoms with Gasteiger partial charge in [-0.2, -0.15) is 0 Å². The van der Waals surface area contributed by atoms with Crippen molar-refractivity contribution in [2.75, 3.05) is 12.4 Å². The first-order chi connectivity index (χ1) is 14.3. The van der Waals surface area contributed by atoms with Gasteiger partial charge in [0.1, 0.15) is 11.5 Å². The van der Waals surface area contributed by atoms with Crippen LogP contribution in [0.1, 0.15) is 41.6 Å². The standard InChI is InChI=1S/C24H24N2O4/c1-15-4-11-23(27)20(12-15)24(2)14-22(16-5-7-17(8-6-16)26(28)29)25-21-10-9-18(30-3)13-19(21)24/h4-13,22,25,27H,14H2,1-3H3/t22-,24-/m0/s1. The van der Waals surface area contributed by atoms with Crippen molar-refractivity contribution in [3.63, 3.8) is 0 Å². The summed E-state index contributed by atoms with van der Waals surface area (Å²) < 4.78 is 5.46. The molecule has 4 rings (SSSR count). The first kappa shape index (κ1) is 19.8. The molecule has 1 aliphatic heterocycles. The summed E-state index contributed by atoms with van der Waals surface area (Å²) in [6.45, 7) is 4.13. The first-order valence-corrected chi connectivity index (χ1v) is 9.81. The molecule has 0 aromatic heterocycles. The van der Waals surface area contributed by atoms with Gasteiger partial charge in [-0.25, -0.2) is 0 Å². The molecule has 6 nitrogen and oxygen atoms in total. The number of aromatic hydroxyl groups is 1. The van der Waals surface area contributed by atoms with E-state index in [-0.39, 0.29) is 17.5 Å². The number of nitrogens with zero attached hydrogens (tertiary/aromatic N) is 1. The summed E-state index contributed by atoms with van der Waals surface area (Å²) in [5.41, 5.74) is 4.45. The Hall–Kier alpha value is -3.54. The molecule has 0 saturated carbocycles. The van der Waals surface area contributed by atoms with Crippen LogP contribution in [0.4, 0.5) is 11.4 Å². The molecule has 1 heterocycles. The number of anilines is 1. The van der Waals surface area contributed by atoms with Crippen LogP contribution in [0.25, 0.3) is 0 Å². The summed E-state index contributed by atoms with van der Waals surface area (Å²) in [6, 6.07) is 18.1. The molecule has 1 aliphatic rings. The predicted octanol–water partition coefficient (Wildman–Crippen LogP) is 5.48. The average molecular weight is 404 g/mol. The fourth-order valence-electron chi connectivity index (χ4n) is 4.37. The summed E-state index contributed by atoms with van der Waals surface area (Å²) in [6.07, 6.45) is 0.669. The summed E-state index contributed by atoms with van der Waals surface area (Å²) >= 11 is 0. The number of ether oxygens (including phenoxy) is 1. The highest BCUT2D eigenvalue weighted by Gasteiger charge is 2.40. The van der Waals surface area contributed by atoms with Gasteiger partial charge in [-0.3, -0.25) is 10.1 Å². The van der Waals surface area contributed by atoms with E-state index in [1.54, 1.807) is 25.3 Å². The Balaban J connectivity index is 1.85. The average Bonchev–Trinajstić information content (AvgIpc) is 2.75. The van der Waals surface area contributed by atoms with Gasteiger partial charge in [0, 0.05) is 28.8 Å². The molecule has 0 radical (unpaired) electrons. The second-order valence-corrected chi connectivity index (χ2v) is 8.01. The normalized spacial score (nSPS) is 20.2. The number of fused-ring (bicyclic) bond motifs is 1. The lowest BCUT2D eigenvalue weighted by Crippen LogP contribution is -2.34. The lowest BCUT2D eigenvalue weighted by molar-refractivity contribution is -0.384. The van der Waals surface area contributed by atoms with Crippen LogP contribution in [0.2, 0.25) is 0 Å². The summed E-state index contributed by atoms with van der Waals surface area (Å²) in [7, 11) is 1.64. The van der Waals surface area contributed by atoms with Crippen LogP contribution in [0.3, 0.4) is 0 Å². The zero-order chi connectivity index (χ0) is 21.5. The molecule has 0 bridgehead atoms. The molecule has 0 aliphatic carbocycles. The van der Waals surface area contributed by atoms with Crippen molar-refractivity contribution in [2.45, 2.75) is 31.7 Å². The molecule has 0 unspecified atom stereocenters. The number of benzene rings is 3. The molecule has 6 heteroatoms. The Kier molecular flexibility index (Phi) is 4.86. The van der Waals surface area contributed by atoms with Crippen LogP contribution >= 0.6 is 0 Å². The third-order valence-electron chi connectivity index (χ3n) is 6.02. The molecule has 30 heavy (non-hydrogen) atoms. The van der Waals surface area contributed by atoms with Crippen molar-refractivity contribution >= 4 is 11.4 Å². The predicted molar refractivity (Wildman–Crippen MR) is 116 cm³/mol. The van der Waals surface area contributed by atoms with E-state index in [9.17, 15) is 15.2 Å². The van der Waals surface area contributed by atoms with Gasteiger partial charge in [0.2, 0.25) is 0 Å². The van der Waals surface area contributed by atoms with Crippen molar-refractivity contribution in [1.29, 1.82) is 0 Å². The van der Waals surface area contributed by atoms with E-state index in [0.29, 0.717) is 6.42 Å². The smallest absolute Gasteiger partial charge is 0.269 e. The molecule has 0 fully saturated rings. The molecular formula is C24H24N2O4. The van der Waals surface area contributed by atoms with Crippen molar-refractivity contribution < 1.29 is 14.8 Å². The van der Waals surface area contributed by atoms with Crippen molar-refractivity contribution in [1.82, 2.24) is 0 Å². The Bertz CT molecular complexity index is 1110. The van der Waals surface area contributed by atoms with Crippen LogP contribution in [-0.4, -0.2) is 17.1 Å². The summed E-state index contributed by atoms with van der Waals surface area (Å²) in [5.74, 6) is 1.00. The lowest BCUT2D eigenvalue weighted by atomic mass is 9.67. The van der Waals surface area contributed by atoms with E-state index >= 15 is 0 Å². The van der Waals surface area contributed by atoms with E-state index in [2.05, 4.69) is 12.2 Å². The van der Waals surface area contributed by atoms with Gasteiger partial charge in [0.05, 0.1) is 18.1 Å². The molecule has 0 amide bonds. The zero-order valence-corrected chi connectivity index (χ0v) is 17.2. The number of nitrogens with one attached hydrogen (secondary N) is 1. The first-order valence-electron chi connectivity index (χ1n) is 9.81. The van der Waals surface area contributed by atoms with Gasteiger partial charge in [-0.05, 0) is 48.7 Å². The summed E-state index contributed by atoms with van der Waals surface area (Å²) in [4.78, 5) is 10.6. The molecule has 2 N–H and O–H groups in total. The van der Waals surface area contributed by atoms with E-state index in [1.807, 2.05) is 37.3 Å². The van der Waals surface area contributed by atoms with Gasteiger partial charge in [0.25, 0.3) is 5.69 Å². The number of nitro benzene ring substituents is 1. The van der Waals surface area contributed by atoms with Gasteiger partial charge >= 0.3 is 0 Å². The van der Waals surface area contributed by atoms with Crippen molar-refractivity contribution in [3.05, 3.63) is 93.0 Å². The lowest BCUT2D eigenvalue weighted by Gasteiger charge is -2.42. The Morgan fingerprint density at radius 2 is 1.83 bits per heavy atom. The van der Waals surface area contributed by atoms with Crippen molar-refractivity contribution in [3.8, 4) is 11.5 Å². The van der Waals surface area contributed by atoms with Gasteiger partial charge in [0.15, 0.2) is 0 Å². The maximum atomic E-state index is 11.0. The maximum absolute atomic E-state index is 11.0. The fourth-order valence-corrected chi connectivity index (χ4v) is 4.37. The zero-order valence-electron chi connectivity index (χ0n) is 17.2. The SMILES string of the molecule is COc1ccc2c(c1)[C@@](C)(c1cc(C)ccc1O)C[C@@H](c1ccc([N+](=O)[O-])cc1)N2. The monoisotopic (exact) mass is 404 g/mol. The number of rotatable bonds is 4. The maximum Gasteiger partial charge on any atom is 0.269 e. The van der Waals surface area contributed by atoms with E-state index in [0.717, 1.165) is 33.7 Å².